The molecule has 3 heterocycles. The van der Waals surface area contributed by atoms with Crippen LogP contribution in [0, 0.1) is 5.82 Å². The molecule has 8 nitrogen and oxygen atoms in total. The van der Waals surface area contributed by atoms with E-state index in [0.29, 0.717) is 30.0 Å². The van der Waals surface area contributed by atoms with Crippen molar-refractivity contribution in [2.75, 3.05) is 11.4 Å². The molecule has 1 aromatic carbocycles. The molecule has 1 unspecified atom stereocenters. The first kappa shape index (κ1) is 18.5. The summed E-state index contributed by atoms with van der Waals surface area (Å²) in [4.78, 5) is 15.7. The molecule has 0 saturated carbocycles. The number of aromatic nitrogens is 5. The van der Waals surface area contributed by atoms with E-state index in [4.69, 9.17) is 11.6 Å². The van der Waals surface area contributed by atoms with Gasteiger partial charge in [-0.25, -0.2) is 4.39 Å². The summed E-state index contributed by atoms with van der Waals surface area (Å²) in [6, 6.07) is 5.93. The average molecular weight is 403 g/mol. The van der Waals surface area contributed by atoms with Gasteiger partial charge in [-0.1, -0.05) is 17.7 Å². The Morgan fingerprint density at radius 2 is 2.11 bits per heavy atom. The van der Waals surface area contributed by atoms with Gasteiger partial charge in [0.1, 0.15) is 17.1 Å². The first-order valence-corrected chi connectivity index (χ1v) is 9.02. The molecule has 1 saturated heterocycles. The lowest BCUT2D eigenvalue weighted by Crippen LogP contribution is -2.55. The minimum Gasteiger partial charge on any atom is -0.380 e. The third kappa shape index (κ3) is 3.46. The molecule has 1 atom stereocenters. The van der Waals surface area contributed by atoms with Crippen molar-refractivity contribution in [2.45, 2.75) is 24.9 Å². The van der Waals surface area contributed by atoms with Gasteiger partial charge in [0.25, 0.3) is 5.91 Å². The smallest absolute Gasteiger partial charge is 0.260 e. The lowest BCUT2D eigenvalue weighted by atomic mass is 9.85. The predicted octanol–water partition coefficient (Wildman–Crippen LogP) is 1.95. The molecule has 144 valence electrons. The predicted molar refractivity (Wildman–Crippen MR) is 98.6 cm³/mol. The van der Waals surface area contributed by atoms with Crippen molar-refractivity contribution >= 4 is 23.3 Å². The van der Waals surface area contributed by atoms with Crippen LogP contribution in [0.4, 0.5) is 10.2 Å². The number of halogens is 2. The van der Waals surface area contributed by atoms with Gasteiger partial charge >= 0.3 is 0 Å². The van der Waals surface area contributed by atoms with Gasteiger partial charge in [-0.2, -0.15) is 15.3 Å². The first-order valence-electron chi connectivity index (χ1n) is 8.64. The lowest BCUT2D eigenvalue weighted by Gasteiger charge is -2.37. The zero-order valence-electron chi connectivity index (χ0n) is 14.7. The topological polar surface area (TPSA) is 97.0 Å². The maximum atomic E-state index is 13.7. The van der Waals surface area contributed by atoms with Crippen LogP contribution in [0.25, 0.3) is 5.69 Å². The number of anilines is 1. The SMILES string of the molecule is O=C1N(c2cnn(-c3ccnnc3)n2)CCCC1(O)Cc1ccc(Cl)c(F)c1. The number of nitrogens with zero attached hydrogens (tertiary/aromatic N) is 6. The maximum absolute atomic E-state index is 13.7. The van der Waals surface area contributed by atoms with Gasteiger partial charge in [-0.05, 0) is 36.6 Å². The van der Waals surface area contributed by atoms with Gasteiger partial charge < -0.3 is 5.11 Å². The highest BCUT2D eigenvalue weighted by Gasteiger charge is 2.43. The van der Waals surface area contributed by atoms with Crippen LogP contribution in [0.5, 0.6) is 0 Å². The molecule has 1 aliphatic heterocycles. The number of aliphatic hydroxyl groups is 1. The Bertz CT molecular complexity index is 1010. The minimum absolute atomic E-state index is 0.00504. The summed E-state index contributed by atoms with van der Waals surface area (Å²) in [5.41, 5.74) is -0.565. The number of benzene rings is 1. The van der Waals surface area contributed by atoms with E-state index in [0.717, 1.165) is 0 Å². The number of amides is 1. The van der Waals surface area contributed by atoms with Crippen molar-refractivity contribution in [2.24, 2.45) is 0 Å². The molecule has 0 spiro atoms. The molecule has 3 aromatic rings. The average Bonchev–Trinajstić information content (AvgIpc) is 3.18. The van der Waals surface area contributed by atoms with Gasteiger partial charge in [0, 0.05) is 13.0 Å². The van der Waals surface area contributed by atoms with E-state index in [2.05, 4.69) is 20.4 Å². The Labute approximate surface area is 164 Å². The van der Waals surface area contributed by atoms with Crippen LogP contribution in [0.15, 0.2) is 42.9 Å². The standard InChI is InChI=1S/C18H16ClFN6O2/c19-14-3-2-12(8-15(14)20)9-18(28)5-1-7-25(17(18)27)16-11-23-26(24-16)13-4-6-21-22-10-13/h2-4,6,8,10-11,28H,1,5,7,9H2. The van der Waals surface area contributed by atoms with E-state index in [1.807, 2.05) is 0 Å². The van der Waals surface area contributed by atoms with Crippen LogP contribution in [0.3, 0.4) is 0 Å². The second-order valence-electron chi connectivity index (χ2n) is 6.61. The summed E-state index contributed by atoms with van der Waals surface area (Å²) in [6.45, 7) is 0.406. The van der Waals surface area contributed by atoms with Gasteiger partial charge in [0.15, 0.2) is 5.82 Å². The Morgan fingerprint density at radius 3 is 2.86 bits per heavy atom. The van der Waals surface area contributed by atoms with Crippen molar-refractivity contribution in [1.82, 2.24) is 25.2 Å². The highest BCUT2D eigenvalue weighted by Crippen LogP contribution is 2.30. The van der Waals surface area contributed by atoms with Crippen molar-refractivity contribution < 1.29 is 14.3 Å². The fourth-order valence-corrected chi connectivity index (χ4v) is 3.38. The molecular weight excluding hydrogens is 387 g/mol. The number of hydrogen-bond acceptors (Lipinski definition) is 6. The van der Waals surface area contributed by atoms with Crippen LogP contribution >= 0.6 is 11.6 Å². The fourth-order valence-electron chi connectivity index (χ4n) is 3.26. The molecule has 1 amide bonds. The molecule has 1 aliphatic rings. The third-order valence-corrected chi connectivity index (χ3v) is 4.96. The van der Waals surface area contributed by atoms with Crippen LogP contribution < -0.4 is 4.90 Å². The van der Waals surface area contributed by atoms with Crippen LogP contribution in [0.1, 0.15) is 18.4 Å². The second-order valence-corrected chi connectivity index (χ2v) is 7.02. The van der Waals surface area contributed by atoms with Gasteiger partial charge in [-0.3, -0.25) is 9.69 Å². The molecule has 0 aliphatic carbocycles. The fraction of sp³-hybridized carbons (Fsp3) is 0.278. The van der Waals surface area contributed by atoms with E-state index in [9.17, 15) is 14.3 Å². The summed E-state index contributed by atoms with van der Waals surface area (Å²) >= 11 is 5.70. The molecule has 2 aromatic heterocycles. The number of rotatable bonds is 4. The summed E-state index contributed by atoms with van der Waals surface area (Å²) in [7, 11) is 0. The van der Waals surface area contributed by atoms with Crippen molar-refractivity contribution in [3.63, 3.8) is 0 Å². The molecular formula is C18H16ClFN6O2. The van der Waals surface area contributed by atoms with Crippen molar-refractivity contribution in [3.8, 4) is 5.69 Å². The Hall–Kier alpha value is -2.91. The number of piperidine rings is 1. The Balaban J connectivity index is 1.57. The number of carbonyl (C=O) groups is 1. The van der Waals surface area contributed by atoms with Crippen LogP contribution in [0.2, 0.25) is 5.02 Å². The van der Waals surface area contributed by atoms with Gasteiger partial charge in [0.05, 0.1) is 23.6 Å². The number of hydrogen-bond donors (Lipinski definition) is 1. The van der Waals surface area contributed by atoms with Crippen LogP contribution in [-0.2, 0) is 11.2 Å². The van der Waals surface area contributed by atoms with E-state index >= 15 is 0 Å². The largest absolute Gasteiger partial charge is 0.380 e. The normalized spacial score (nSPS) is 19.8. The van der Waals surface area contributed by atoms with Crippen molar-refractivity contribution in [1.29, 1.82) is 0 Å². The Morgan fingerprint density at radius 1 is 1.25 bits per heavy atom. The minimum atomic E-state index is -1.65. The highest BCUT2D eigenvalue weighted by molar-refractivity contribution is 6.30. The second kappa shape index (κ2) is 7.25. The molecule has 10 heteroatoms. The monoisotopic (exact) mass is 402 g/mol. The van der Waals surface area contributed by atoms with E-state index in [1.54, 1.807) is 12.1 Å². The summed E-state index contributed by atoms with van der Waals surface area (Å²) in [5, 5.41) is 26.9. The zero-order valence-corrected chi connectivity index (χ0v) is 15.4. The molecule has 0 bridgehead atoms. The van der Waals surface area contributed by atoms with E-state index < -0.39 is 17.3 Å². The van der Waals surface area contributed by atoms with E-state index in [1.165, 1.54) is 40.4 Å². The first-order chi connectivity index (χ1) is 13.5. The summed E-state index contributed by atoms with van der Waals surface area (Å²) in [6.07, 6.45) is 5.28. The molecule has 28 heavy (non-hydrogen) atoms. The molecule has 1 N–H and O–H groups in total. The van der Waals surface area contributed by atoms with E-state index in [-0.39, 0.29) is 17.9 Å². The summed E-state index contributed by atoms with van der Waals surface area (Å²) in [5.74, 6) is -0.756. The van der Waals surface area contributed by atoms with Crippen molar-refractivity contribution in [3.05, 3.63) is 59.3 Å². The van der Waals surface area contributed by atoms with Crippen LogP contribution in [-0.4, -0.2) is 48.4 Å². The molecule has 4 rings (SSSR count). The Kier molecular flexibility index (Phi) is 4.78. The highest BCUT2D eigenvalue weighted by atomic mass is 35.5. The van der Waals surface area contributed by atoms with Gasteiger partial charge in [-0.15, -0.1) is 9.90 Å². The summed E-state index contributed by atoms with van der Waals surface area (Å²) < 4.78 is 13.7. The lowest BCUT2D eigenvalue weighted by molar-refractivity contribution is -0.139. The van der Waals surface area contributed by atoms with Gasteiger partial charge in [0.2, 0.25) is 0 Å². The third-order valence-electron chi connectivity index (χ3n) is 4.65. The molecule has 0 radical (unpaired) electrons. The molecule has 1 fully saturated rings. The zero-order chi connectivity index (χ0) is 19.7. The number of carbonyl (C=O) groups excluding carboxylic acids is 1. The maximum Gasteiger partial charge on any atom is 0.260 e. The quantitative estimate of drug-likeness (QED) is 0.716.